The van der Waals surface area contributed by atoms with Gasteiger partial charge in [-0.2, -0.15) is 0 Å². The Bertz CT molecular complexity index is 613. The second-order valence-corrected chi connectivity index (χ2v) is 4.05. The van der Waals surface area contributed by atoms with E-state index in [1.54, 1.807) is 12.1 Å². The molecule has 1 N–H and O–H groups in total. The van der Waals surface area contributed by atoms with Gasteiger partial charge in [-0.15, -0.1) is 5.10 Å². The summed E-state index contributed by atoms with van der Waals surface area (Å²) in [5.41, 5.74) is 0.466. The molecule has 0 aliphatic carbocycles. The van der Waals surface area contributed by atoms with Crippen molar-refractivity contribution in [1.82, 2.24) is 15.0 Å². The van der Waals surface area contributed by atoms with Crippen LogP contribution in [0, 0.1) is 5.82 Å². The molecule has 7 heteroatoms. The van der Waals surface area contributed by atoms with Crippen molar-refractivity contribution in [2.75, 3.05) is 6.61 Å². The zero-order chi connectivity index (χ0) is 14.5. The van der Waals surface area contributed by atoms with Crippen molar-refractivity contribution in [3.8, 4) is 5.75 Å². The summed E-state index contributed by atoms with van der Waals surface area (Å²) < 4.78 is 20.1. The normalized spacial score (nSPS) is 10.5. The van der Waals surface area contributed by atoms with E-state index in [-0.39, 0.29) is 18.1 Å². The number of aromatic carboxylic acids is 1. The number of hydrogen-bond donors (Lipinski definition) is 1. The van der Waals surface area contributed by atoms with Crippen LogP contribution in [0.25, 0.3) is 0 Å². The number of halogens is 1. The fourth-order valence-electron chi connectivity index (χ4n) is 1.83. The summed E-state index contributed by atoms with van der Waals surface area (Å²) in [7, 11) is 0. The van der Waals surface area contributed by atoms with Gasteiger partial charge in [0.2, 0.25) is 0 Å². The Morgan fingerprint density at radius 2 is 2.20 bits per heavy atom. The number of carboxylic acid groups (broad SMARTS) is 1. The van der Waals surface area contributed by atoms with Gasteiger partial charge in [-0.3, -0.25) is 0 Å². The van der Waals surface area contributed by atoms with Crippen molar-refractivity contribution >= 4 is 5.97 Å². The van der Waals surface area contributed by atoms with E-state index in [0.29, 0.717) is 18.7 Å². The SMILES string of the molecule is CCc1c(C(=O)O)nnn1CCOc1ccccc1F. The Kier molecular flexibility index (Phi) is 4.29. The molecule has 0 radical (unpaired) electrons. The van der Waals surface area contributed by atoms with Gasteiger partial charge >= 0.3 is 5.97 Å². The van der Waals surface area contributed by atoms with Gasteiger partial charge in [0.1, 0.15) is 6.61 Å². The highest BCUT2D eigenvalue weighted by atomic mass is 19.1. The molecule has 0 saturated carbocycles. The molecule has 0 fully saturated rings. The fraction of sp³-hybridized carbons (Fsp3) is 0.308. The maximum atomic E-state index is 13.3. The molecule has 106 valence electrons. The van der Waals surface area contributed by atoms with Crippen molar-refractivity contribution in [1.29, 1.82) is 0 Å². The smallest absolute Gasteiger partial charge is 0.358 e. The highest BCUT2D eigenvalue weighted by molar-refractivity contribution is 5.86. The van der Waals surface area contributed by atoms with Crippen LogP contribution in [0.1, 0.15) is 23.1 Å². The van der Waals surface area contributed by atoms with Crippen LogP contribution in [0.2, 0.25) is 0 Å². The molecule has 0 saturated heterocycles. The van der Waals surface area contributed by atoms with Gasteiger partial charge in [-0.1, -0.05) is 24.3 Å². The van der Waals surface area contributed by atoms with Gasteiger partial charge in [0, 0.05) is 0 Å². The molecule has 0 unspecified atom stereocenters. The maximum absolute atomic E-state index is 13.3. The Balaban J connectivity index is 2.01. The van der Waals surface area contributed by atoms with E-state index < -0.39 is 11.8 Å². The molecular weight excluding hydrogens is 265 g/mol. The molecule has 0 spiro atoms. The highest BCUT2D eigenvalue weighted by Crippen LogP contribution is 2.15. The van der Waals surface area contributed by atoms with E-state index in [9.17, 15) is 9.18 Å². The van der Waals surface area contributed by atoms with E-state index >= 15 is 0 Å². The first-order valence-corrected chi connectivity index (χ1v) is 6.16. The number of benzene rings is 1. The number of aromatic nitrogens is 3. The van der Waals surface area contributed by atoms with Crippen LogP contribution in [-0.2, 0) is 13.0 Å². The van der Waals surface area contributed by atoms with Crippen LogP contribution in [-0.4, -0.2) is 32.7 Å². The van der Waals surface area contributed by atoms with Crippen LogP contribution in [0.15, 0.2) is 24.3 Å². The van der Waals surface area contributed by atoms with Crippen molar-refractivity contribution in [3.05, 3.63) is 41.5 Å². The van der Waals surface area contributed by atoms with Crippen molar-refractivity contribution < 1.29 is 19.0 Å². The highest BCUT2D eigenvalue weighted by Gasteiger charge is 2.17. The molecule has 0 bridgehead atoms. The summed E-state index contributed by atoms with van der Waals surface area (Å²) in [6.45, 7) is 2.30. The molecule has 2 aromatic rings. The first-order valence-electron chi connectivity index (χ1n) is 6.16. The third kappa shape index (κ3) is 2.93. The van der Waals surface area contributed by atoms with Gasteiger partial charge in [0.25, 0.3) is 0 Å². The second kappa shape index (κ2) is 6.14. The largest absolute Gasteiger partial charge is 0.489 e. The van der Waals surface area contributed by atoms with Crippen LogP contribution in [0.3, 0.4) is 0 Å². The molecule has 0 amide bonds. The Morgan fingerprint density at radius 3 is 2.85 bits per heavy atom. The molecule has 1 heterocycles. The lowest BCUT2D eigenvalue weighted by Gasteiger charge is -2.08. The minimum Gasteiger partial charge on any atom is -0.489 e. The predicted molar refractivity (Wildman–Crippen MR) is 68.3 cm³/mol. The van der Waals surface area contributed by atoms with E-state index in [2.05, 4.69) is 10.3 Å². The maximum Gasteiger partial charge on any atom is 0.358 e. The van der Waals surface area contributed by atoms with Gasteiger partial charge in [0.15, 0.2) is 17.3 Å². The van der Waals surface area contributed by atoms with Crippen LogP contribution in [0.5, 0.6) is 5.75 Å². The molecular formula is C13H14FN3O3. The number of carboxylic acids is 1. The van der Waals surface area contributed by atoms with Gasteiger partial charge in [0.05, 0.1) is 12.2 Å². The Labute approximate surface area is 114 Å². The topological polar surface area (TPSA) is 77.2 Å². The van der Waals surface area contributed by atoms with Crippen LogP contribution in [0.4, 0.5) is 4.39 Å². The number of nitrogens with zero attached hydrogens (tertiary/aromatic N) is 3. The summed E-state index contributed by atoms with van der Waals surface area (Å²) >= 11 is 0. The van der Waals surface area contributed by atoms with Crippen LogP contribution < -0.4 is 4.74 Å². The summed E-state index contributed by atoms with van der Waals surface area (Å²) in [5.74, 6) is -1.39. The lowest BCUT2D eigenvalue weighted by molar-refractivity contribution is 0.0689. The van der Waals surface area contributed by atoms with E-state index in [4.69, 9.17) is 9.84 Å². The third-order valence-electron chi connectivity index (χ3n) is 2.77. The molecule has 20 heavy (non-hydrogen) atoms. The van der Waals surface area contributed by atoms with Crippen molar-refractivity contribution in [3.63, 3.8) is 0 Å². The zero-order valence-corrected chi connectivity index (χ0v) is 10.9. The molecule has 1 aromatic heterocycles. The van der Waals surface area contributed by atoms with Crippen molar-refractivity contribution in [2.45, 2.75) is 19.9 Å². The summed E-state index contributed by atoms with van der Waals surface area (Å²) in [6.07, 6.45) is 0.494. The molecule has 0 atom stereocenters. The Hall–Kier alpha value is -2.44. The quantitative estimate of drug-likeness (QED) is 0.871. The fourth-order valence-corrected chi connectivity index (χ4v) is 1.83. The molecule has 0 aliphatic rings. The van der Waals surface area contributed by atoms with Crippen LogP contribution >= 0.6 is 0 Å². The van der Waals surface area contributed by atoms with E-state index in [0.717, 1.165) is 0 Å². The monoisotopic (exact) mass is 279 g/mol. The van der Waals surface area contributed by atoms with E-state index in [1.807, 2.05) is 6.92 Å². The second-order valence-electron chi connectivity index (χ2n) is 4.05. The summed E-state index contributed by atoms with van der Waals surface area (Å²) in [5, 5.41) is 16.3. The van der Waals surface area contributed by atoms with Gasteiger partial charge in [-0.05, 0) is 18.6 Å². The van der Waals surface area contributed by atoms with E-state index in [1.165, 1.54) is 16.8 Å². The first-order chi connectivity index (χ1) is 9.63. The standard InChI is InChI=1S/C13H14FN3O3/c1-2-10-12(13(18)19)15-16-17(10)7-8-20-11-6-4-3-5-9(11)14/h3-6H,2,7-8H2,1H3,(H,18,19). The molecule has 2 rings (SSSR count). The average molecular weight is 279 g/mol. The zero-order valence-electron chi connectivity index (χ0n) is 10.9. The lowest BCUT2D eigenvalue weighted by Crippen LogP contribution is -2.13. The number of carbonyl (C=O) groups is 1. The lowest BCUT2D eigenvalue weighted by atomic mass is 10.2. The summed E-state index contributed by atoms with van der Waals surface area (Å²) in [4.78, 5) is 10.9. The molecule has 0 aliphatic heterocycles. The molecule has 1 aromatic carbocycles. The first kappa shape index (κ1) is 14.0. The number of rotatable bonds is 6. The predicted octanol–water partition coefficient (Wildman–Crippen LogP) is 1.76. The minimum atomic E-state index is -1.11. The summed E-state index contributed by atoms with van der Waals surface area (Å²) in [6, 6.07) is 6.09. The van der Waals surface area contributed by atoms with Gasteiger partial charge in [-0.25, -0.2) is 13.9 Å². The van der Waals surface area contributed by atoms with Gasteiger partial charge < -0.3 is 9.84 Å². The molecule has 6 nitrogen and oxygen atoms in total. The minimum absolute atomic E-state index is 0.0570. The average Bonchev–Trinajstić information content (AvgIpc) is 2.84. The number of para-hydroxylation sites is 1. The third-order valence-corrected chi connectivity index (χ3v) is 2.77. The Morgan fingerprint density at radius 1 is 1.45 bits per heavy atom. The number of ether oxygens (including phenoxy) is 1. The van der Waals surface area contributed by atoms with Crippen molar-refractivity contribution in [2.24, 2.45) is 0 Å². The number of hydrogen-bond acceptors (Lipinski definition) is 4.